The molecule has 0 spiro atoms. The Bertz CT molecular complexity index is 777. The summed E-state index contributed by atoms with van der Waals surface area (Å²) < 4.78 is 45.3. The predicted molar refractivity (Wildman–Crippen MR) is 94.1 cm³/mol. The van der Waals surface area contributed by atoms with Gasteiger partial charge in [0.05, 0.1) is 17.7 Å². The molecule has 0 radical (unpaired) electrons. The standard InChI is InChI=1S/C16H19FN2O4S2/c1-24-10-8-15(16(20)18-11-13-3-2-9-23-13)19-25(21,22)14-6-4-12(17)5-7-14/h2-7,9,15,19H,8,10-11H2,1H3,(H,18,20). The van der Waals surface area contributed by atoms with Gasteiger partial charge in [0, 0.05) is 0 Å². The molecule has 1 unspecified atom stereocenters. The Morgan fingerprint density at radius 2 is 2.00 bits per heavy atom. The number of furan rings is 1. The van der Waals surface area contributed by atoms with Gasteiger partial charge in [-0.3, -0.25) is 4.79 Å². The van der Waals surface area contributed by atoms with Crippen LogP contribution in [0.3, 0.4) is 0 Å². The zero-order valence-electron chi connectivity index (χ0n) is 13.6. The Hall–Kier alpha value is -1.84. The lowest BCUT2D eigenvalue weighted by molar-refractivity contribution is -0.123. The fourth-order valence-corrected chi connectivity index (χ4v) is 3.76. The number of halogens is 1. The second-order valence-electron chi connectivity index (χ2n) is 5.21. The third kappa shape index (κ3) is 5.87. The van der Waals surface area contributed by atoms with E-state index in [0.29, 0.717) is 17.9 Å². The van der Waals surface area contributed by atoms with Crippen LogP contribution in [0.4, 0.5) is 4.39 Å². The average molecular weight is 386 g/mol. The summed E-state index contributed by atoms with van der Waals surface area (Å²) in [6, 6.07) is 6.90. The zero-order valence-corrected chi connectivity index (χ0v) is 15.2. The van der Waals surface area contributed by atoms with Crippen molar-refractivity contribution in [3.05, 3.63) is 54.2 Å². The first kappa shape index (κ1) is 19.5. The zero-order chi connectivity index (χ0) is 18.3. The van der Waals surface area contributed by atoms with Gasteiger partial charge in [0.25, 0.3) is 0 Å². The molecule has 136 valence electrons. The molecule has 0 fully saturated rings. The number of rotatable bonds is 9. The van der Waals surface area contributed by atoms with E-state index >= 15 is 0 Å². The van der Waals surface area contributed by atoms with E-state index in [4.69, 9.17) is 4.42 Å². The van der Waals surface area contributed by atoms with E-state index in [9.17, 15) is 17.6 Å². The molecule has 25 heavy (non-hydrogen) atoms. The monoisotopic (exact) mass is 386 g/mol. The van der Waals surface area contributed by atoms with Crippen molar-refractivity contribution < 1.29 is 22.0 Å². The molecule has 1 heterocycles. The van der Waals surface area contributed by atoms with Crippen LogP contribution in [0.5, 0.6) is 0 Å². The lowest BCUT2D eigenvalue weighted by atomic mass is 10.2. The number of carbonyl (C=O) groups excluding carboxylic acids is 1. The number of amides is 1. The highest BCUT2D eigenvalue weighted by atomic mass is 32.2. The molecule has 0 aliphatic rings. The number of sulfonamides is 1. The molecule has 2 N–H and O–H groups in total. The fourth-order valence-electron chi connectivity index (χ4n) is 2.06. The van der Waals surface area contributed by atoms with Crippen LogP contribution in [0.1, 0.15) is 12.2 Å². The molecule has 1 aromatic carbocycles. The van der Waals surface area contributed by atoms with Gasteiger partial charge < -0.3 is 9.73 Å². The van der Waals surface area contributed by atoms with E-state index in [2.05, 4.69) is 10.0 Å². The average Bonchev–Trinajstić information content (AvgIpc) is 3.10. The molecule has 0 aliphatic heterocycles. The number of thioether (sulfide) groups is 1. The van der Waals surface area contributed by atoms with Crippen molar-refractivity contribution in [1.29, 1.82) is 0 Å². The van der Waals surface area contributed by atoms with Gasteiger partial charge in [-0.15, -0.1) is 0 Å². The molecule has 1 amide bonds. The summed E-state index contributed by atoms with van der Waals surface area (Å²) in [5.74, 6) is 0.189. The summed E-state index contributed by atoms with van der Waals surface area (Å²) in [5, 5.41) is 2.65. The second kappa shape index (κ2) is 9.02. The van der Waals surface area contributed by atoms with Gasteiger partial charge in [-0.05, 0) is 54.8 Å². The van der Waals surface area contributed by atoms with Crippen molar-refractivity contribution in [2.45, 2.75) is 23.9 Å². The van der Waals surface area contributed by atoms with Crippen molar-refractivity contribution in [2.75, 3.05) is 12.0 Å². The minimum Gasteiger partial charge on any atom is -0.467 e. The Balaban J connectivity index is 2.07. The van der Waals surface area contributed by atoms with E-state index in [1.54, 1.807) is 12.1 Å². The normalized spacial score (nSPS) is 12.7. The van der Waals surface area contributed by atoms with Gasteiger partial charge >= 0.3 is 0 Å². The number of benzene rings is 1. The van der Waals surface area contributed by atoms with Crippen LogP contribution >= 0.6 is 11.8 Å². The predicted octanol–water partition coefficient (Wildman–Crippen LogP) is 2.14. The van der Waals surface area contributed by atoms with Gasteiger partial charge in [0.2, 0.25) is 15.9 Å². The molecule has 2 aromatic rings. The molecular formula is C16H19FN2O4S2. The number of hydrogen-bond acceptors (Lipinski definition) is 5. The van der Waals surface area contributed by atoms with E-state index in [1.165, 1.54) is 18.0 Å². The maximum absolute atomic E-state index is 13.0. The molecular weight excluding hydrogens is 367 g/mol. The first-order valence-electron chi connectivity index (χ1n) is 7.49. The third-order valence-corrected chi connectivity index (χ3v) is 5.50. The largest absolute Gasteiger partial charge is 0.467 e. The van der Waals surface area contributed by atoms with Crippen LogP contribution in [-0.4, -0.2) is 32.4 Å². The van der Waals surface area contributed by atoms with Gasteiger partial charge in [-0.25, -0.2) is 12.8 Å². The van der Waals surface area contributed by atoms with Crippen LogP contribution in [0.2, 0.25) is 0 Å². The summed E-state index contributed by atoms with van der Waals surface area (Å²) in [4.78, 5) is 12.3. The van der Waals surface area contributed by atoms with Crippen LogP contribution in [0.15, 0.2) is 52.0 Å². The van der Waals surface area contributed by atoms with Gasteiger partial charge in [-0.1, -0.05) is 0 Å². The minimum atomic E-state index is -3.93. The van der Waals surface area contributed by atoms with E-state index in [1.807, 2.05) is 6.26 Å². The summed E-state index contributed by atoms with van der Waals surface area (Å²) in [6.07, 6.45) is 3.68. The van der Waals surface area contributed by atoms with Gasteiger partial charge in [0.1, 0.15) is 17.6 Å². The van der Waals surface area contributed by atoms with Crippen LogP contribution in [0, 0.1) is 5.82 Å². The van der Waals surface area contributed by atoms with Gasteiger partial charge in [0.15, 0.2) is 0 Å². The van der Waals surface area contributed by atoms with E-state index in [-0.39, 0.29) is 11.4 Å². The lowest BCUT2D eigenvalue weighted by Gasteiger charge is -2.18. The first-order valence-corrected chi connectivity index (χ1v) is 10.4. The summed E-state index contributed by atoms with van der Waals surface area (Å²) >= 11 is 1.50. The third-order valence-electron chi connectivity index (χ3n) is 3.37. The first-order chi connectivity index (χ1) is 11.9. The highest BCUT2D eigenvalue weighted by Gasteiger charge is 2.25. The molecule has 0 saturated heterocycles. The van der Waals surface area contributed by atoms with E-state index < -0.39 is 27.8 Å². The fraction of sp³-hybridized carbons (Fsp3) is 0.312. The molecule has 0 bridgehead atoms. The van der Waals surface area contributed by atoms with Gasteiger partial charge in [-0.2, -0.15) is 16.5 Å². The smallest absolute Gasteiger partial charge is 0.241 e. The molecule has 0 aliphatic carbocycles. The Morgan fingerprint density at radius 3 is 2.60 bits per heavy atom. The Labute approximate surface area is 150 Å². The molecule has 1 atom stereocenters. The summed E-state index contributed by atoms with van der Waals surface area (Å²) in [7, 11) is -3.93. The minimum absolute atomic E-state index is 0.0955. The maximum atomic E-state index is 13.0. The number of hydrogen-bond donors (Lipinski definition) is 2. The molecule has 1 aromatic heterocycles. The highest BCUT2D eigenvalue weighted by Crippen LogP contribution is 2.12. The topological polar surface area (TPSA) is 88.4 Å². The molecule has 6 nitrogen and oxygen atoms in total. The lowest BCUT2D eigenvalue weighted by Crippen LogP contribution is -2.46. The molecule has 2 rings (SSSR count). The van der Waals surface area contributed by atoms with Crippen LogP contribution in [0.25, 0.3) is 0 Å². The number of nitrogens with one attached hydrogen (secondary N) is 2. The number of carbonyl (C=O) groups is 1. The summed E-state index contributed by atoms with van der Waals surface area (Å²) in [6.45, 7) is 0.167. The van der Waals surface area contributed by atoms with E-state index in [0.717, 1.165) is 24.3 Å². The Kier molecular flexibility index (Phi) is 7.03. The van der Waals surface area contributed by atoms with Crippen molar-refractivity contribution in [3.8, 4) is 0 Å². The SMILES string of the molecule is CSCCC(NS(=O)(=O)c1ccc(F)cc1)C(=O)NCc1ccco1. The maximum Gasteiger partial charge on any atom is 0.241 e. The molecule has 9 heteroatoms. The summed E-state index contributed by atoms with van der Waals surface area (Å²) in [5.41, 5.74) is 0. The van der Waals surface area contributed by atoms with Crippen molar-refractivity contribution >= 4 is 27.7 Å². The second-order valence-corrected chi connectivity index (χ2v) is 7.91. The molecule has 0 saturated carbocycles. The van der Waals surface area contributed by atoms with Crippen molar-refractivity contribution in [3.63, 3.8) is 0 Å². The quantitative estimate of drug-likeness (QED) is 0.689. The Morgan fingerprint density at radius 1 is 1.28 bits per heavy atom. The highest BCUT2D eigenvalue weighted by molar-refractivity contribution is 7.98. The van der Waals surface area contributed by atoms with Crippen LogP contribution < -0.4 is 10.0 Å². The van der Waals surface area contributed by atoms with Crippen LogP contribution in [-0.2, 0) is 21.4 Å². The van der Waals surface area contributed by atoms with Crippen molar-refractivity contribution in [2.24, 2.45) is 0 Å². The van der Waals surface area contributed by atoms with Crippen molar-refractivity contribution in [1.82, 2.24) is 10.0 Å².